The first kappa shape index (κ1) is 20.0. The Morgan fingerprint density at radius 1 is 1.13 bits per heavy atom. The number of nitrogen functional groups attached to an aromatic ring is 1. The lowest BCUT2D eigenvalue weighted by molar-refractivity contribution is 0.100. The van der Waals surface area contributed by atoms with Crippen LogP contribution in [-0.2, 0) is 6.54 Å². The first-order chi connectivity index (χ1) is 14.5. The Labute approximate surface area is 174 Å². The van der Waals surface area contributed by atoms with E-state index in [1.807, 2.05) is 24.3 Å². The van der Waals surface area contributed by atoms with Crippen LogP contribution in [-0.4, -0.2) is 33.9 Å². The van der Waals surface area contributed by atoms with Crippen molar-refractivity contribution in [2.75, 3.05) is 18.8 Å². The number of hydrogen-bond acceptors (Lipinski definition) is 5. The molecule has 7 heteroatoms. The number of aromatic nitrogens is 2. The third-order valence-electron chi connectivity index (χ3n) is 5.53. The summed E-state index contributed by atoms with van der Waals surface area (Å²) >= 11 is 0. The van der Waals surface area contributed by atoms with Crippen molar-refractivity contribution in [3.8, 4) is 11.1 Å². The molecule has 2 aromatic carbocycles. The van der Waals surface area contributed by atoms with Gasteiger partial charge in [-0.2, -0.15) is 0 Å². The Balaban J connectivity index is 1.58. The third-order valence-corrected chi connectivity index (χ3v) is 5.53. The number of carbonyl (C=O) groups is 1. The molecule has 154 valence electrons. The van der Waals surface area contributed by atoms with E-state index in [-0.39, 0.29) is 17.7 Å². The first-order valence-corrected chi connectivity index (χ1v) is 9.99. The van der Waals surface area contributed by atoms with E-state index in [9.17, 15) is 9.18 Å². The molecular weight excluding hydrogens is 381 g/mol. The number of anilines is 1. The van der Waals surface area contributed by atoms with E-state index in [4.69, 9.17) is 11.5 Å². The Kier molecular flexibility index (Phi) is 5.72. The predicted octanol–water partition coefficient (Wildman–Crippen LogP) is 3.34. The third kappa shape index (κ3) is 4.46. The molecule has 1 aliphatic heterocycles. The SMILES string of the molecule is NC(=O)c1ccc(-c2cnc(N)nc2C2CCCN(Cc3ccc(F)cc3)C2)cc1. The van der Waals surface area contributed by atoms with Gasteiger partial charge in [-0.1, -0.05) is 24.3 Å². The highest BCUT2D eigenvalue weighted by Crippen LogP contribution is 2.34. The first-order valence-electron chi connectivity index (χ1n) is 9.99. The van der Waals surface area contributed by atoms with Gasteiger partial charge in [-0.15, -0.1) is 0 Å². The van der Waals surface area contributed by atoms with E-state index in [1.54, 1.807) is 18.3 Å². The summed E-state index contributed by atoms with van der Waals surface area (Å²) in [6.45, 7) is 2.58. The summed E-state index contributed by atoms with van der Waals surface area (Å²) in [4.78, 5) is 22.5. The van der Waals surface area contributed by atoms with Gasteiger partial charge in [0.2, 0.25) is 11.9 Å². The van der Waals surface area contributed by atoms with Crippen LogP contribution < -0.4 is 11.5 Å². The summed E-state index contributed by atoms with van der Waals surface area (Å²) in [5, 5.41) is 0. The van der Waals surface area contributed by atoms with E-state index in [2.05, 4.69) is 14.9 Å². The van der Waals surface area contributed by atoms with Crippen molar-refractivity contribution in [3.05, 3.63) is 77.4 Å². The summed E-state index contributed by atoms with van der Waals surface area (Å²) in [7, 11) is 0. The molecule has 0 aliphatic carbocycles. The van der Waals surface area contributed by atoms with Crippen LogP contribution in [0.3, 0.4) is 0 Å². The number of piperidine rings is 1. The van der Waals surface area contributed by atoms with Gasteiger partial charge in [0.05, 0.1) is 5.69 Å². The van der Waals surface area contributed by atoms with Crippen molar-refractivity contribution in [3.63, 3.8) is 0 Å². The molecule has 1 amide bonds. The van der Waals surface area contributed by atoms with Gasteiger partial charge in [-0.25, -0.2) is 14.4 Å². The van der Waals surface area contributed by atoms with Crippen molar-refractivity contribution in [1.29, 1.82) is 0 Å². The molecule has 6 nitrogen and oxygen atoms in total. The lowest BCUT2D eigenvalue weighted by Crippen LogP contribution is -2.34. The van der Waals surface area contributed by atoms with Gasteiger partial charge >= 0.3 is 0 Å². The minimum Gasteiger partial charge on any atom is -0.368 e. The zero-order valence-corrected chi connectivity index (χ0v) is 16.6. The Morgan fingerprint density at radius 3 is 2.57 bits per heavy atom. The van der Waals surface area contributed by atoms with E-state index in [1.165, 1.54) is 12.1 Å². The van der Waals surface area contributed by atoms with Gasteiger partial charge in [-0.05, 0) is 54.8 Å². The topological polar surface area (TPSA) is 98.1 Å². The van der Waals surface area contributed by atoms with E-state index < -0.39 is 5.91 Å². The number of rotatable bonds is 5. The monoisotopic (exact) mass is 405 g/mol. The molecule has 30 heavy (non-hydrogen) atoms. The fourth-order valence-electron chi connectivity index (χ4n) is 4.03. The average Bonchev–Trinajstić information content (AvgIpc) is 2.76. The number of amides is 1. The molecule has 3 aromatic rings. The second-order valence-corrected chi connectivity index (χ2v) is 7.67. The molecule has 4 N–H and O–H groups in total. The maximum absolute atomic E-state index is 13.2. The Hall–Kier alpha value is -3.32. The maximum atomic E-state index is 13.2. The number of carbonyl (C=O) groups excluding carboxylic acids is 1. The fraction of sp³-hybridized carbons (Fsp3) is 0.261. The fourth-order valence-corrected chi connectivity index (χ4v) is 4.03. The van der Waals surface area contributed by atoms with Crippen LogP contribution in [0.5, 0.6) is 0 Å². The van der Waals surface area contributed by atoms with E-state index in [0.717, 1.165) is 54.9 Å². The predicted molar refractivity (Wildman–Crippen MR) is 114 cm³/mol. The van der Waals surface area contributed by atoms with Crippen LogP contribution in [0.1, 0.15) is 40.4 Å². The Morgan fingerprint density at radius 2 is 1.87 bits per heavy atom. The van der Waals surface area contributed by atoms with Crippen molar-refractivity contribution in [2.24, 2.45) is 5.73 Å². The number of primary amides is 1. The van der Waals surface area contributed by atoms with Gasteiger partial charge in [0.25, 0.3) is 0 Å². The van der Waals surface area contributed by atoms with E-state index >= 15 is 0 Å². The van der Waals surface area contributed by atoms with Crippen LogP contribution in [0.2, 0.25) is 0 Å². The molecule has 0 bridgehead atoms. The molecule has 1 unspecified atom stereocenters. The van der Waals surface area contributed by atoms with Gasteiger partial charge in [-0.3, -0.25) is 9.69 Å². The maximum Gasteiger partial charge on any atom is 0.248 e. The normalized spacial score (nSPS) is 17.0. The van der Waals surface area contributed by atoms with Gasteiger partial charge in [0.15, 0.2) is 0 Å². The van der Waals surface area contributed by atoms with Gasteiger partial charge in [0, 0.05) is 36.3 Å². The highest BCUT2D eigenvalue weighted by atomic mass is 19.1. The highest BCUT2D eigenvalue weighted by molar-refractivity contribution is 5.93. The second-order valence-electron chi connectivity index (χ2n) is 7.67. The molecule has 1 fully saturated rings. The summed E-state index contributed by atoms with van der Waals surface area (Å²) in [5.74, 6) is -0.230. The molecule has 0 spiro atoms. The molecule has 2 heterocycles. The second kappa shape index (κ2) is 8.59. The molecule has 1 saturated heterocycles. The molecule has 1 atom stereocenters. The molecule has 4 rings (SSSR count). The lowest BCUT2D eigenvalue weighted by atomic mass is 9.89. The molecular formula is C23H24FN5O. The molecule has 1 aliphatic rings. The van der Waals surface area contributed by atoms with Gasteiger partial charge < -0.3 is 11.5 Å². The zero-order chi connectivity index (χ0) is 21.1. The number of nitrogens with zero attached hydrogens (tertiary/aromatic N) is 3. The summed E-state index contributed by atoms with van der Waals surface area (Å²) in [6, 6.07) is 13.8. The quantitative estimate of drug-likeness (QED) is 0.678. The largest absolute Gasteiger partial charge is 0.368 e. The smallest absolute Gasteiger partial charge is 0.248 e. The number of likely N-dealkylation sites (tertiary alicyclic amines) is 1. The van der Waals surface area contributed by atoms with Crippen LogP contribution >= 0.6 is 0 Å². The number of benzene rings is 2. The lowest BCUT2D eigenvalue weighted by Gasteiger charge is -2.33. The molecule has 0 saturated carbocycles. The highest BCUT2D eigenvalue weighted by Gasteiger charge is 2.25. The van der Waals surface area contributed by atoms with Crippen molar-refractivity contribution < 1.29 is 9.18 Å². The Bertz CT molecular complexity index is 1040. The average molecular weight is 405 g/mol. The van der Waals surface area contributed by atoms with Crippen LogP contribution in [0.25, 0.3) is 11.1 Å². The van der Waals surface area contributed by atoms with Crippen LogP contribution in [0, 0.1) is 5.82 Å². The molecule has 0 radical (unpaired) electrons. The van der Waals surface area contributed by atoms with Crippen LogP contribution in [0.15, 0.2) is 54.7 Å². The minimum atomic E-state index is -0.459. The summed E-state index contributed by atoms with van der Waals surface area (Å²) in [6.07, 6.45) is 3.79. The number of halogens is 1. The van der Waals surface area contributed by atoms with Gasteiger partial charge in [0.1, 0.15) is 5.82 Å². The van der Waals surface area contributed by atoms with Crippen molar-refractivity contribution in [1.82, 2.24) is 14.9 Å². The number of hydrogen-bond donors (Lipinski definition) is 2. The standard InChI is InChI=1S/C23H24FN5O/c24-19-9-3-15(4-10-19)13-29-11-1-2-18(14-29)21-20(12-27-23(26)28-21)16-5-7-17(8-6-16)22(25)30/h3-10,12,18H,1-2,11,13-14H2,(H2,25,30)(H2,26,27,28). The minimum absolute atomic E-state index is 0.204. The molecule has 1 aromatic heterocycles. The zero-order valence-electron chi connectivity index (χ0n) is 16.6. The van der Waals surface area contributed by atoms with Crippen molar-refractivity contribution >= 4 is 11.9 Å². The summed E-state index contributed by atoms with van der Waals surface area (Å²) in [5.41, 5.74) is 15.6. The van der Waals surface area contributed by atoms with Crippen molar-refractivity contribution in [2.45, 2.75) is 25.3 Å². The van der Waals surface area contributed by atoms with Crippen LogP contribution in [0.4, 0.5) is 10.3 Å². The summed E-state index contributed by atoms with van der Waals surface area (Å²) < 4.78 is 13.2. The number of nitrogens with two attached hydrogens (primary N) is 2. The van der Waals surface area contributed by atoms with E-state index in [0.29, 0.717) is 5.56 Å².